The summed E-state index contributed by atoms with van der Waals surface area (Å²) in [6.45, 7) is 3.65. The van der Waals surface area contributed by atoms with Gasteiger partial charge in [0, 0.05) is 18.8 Å². The second kappa shape index (κ2) is 9.73. The Morgan fingerprint density at radius 2 is 1.72 bits per heavy atom. The Hall–Kier alpha value is -2.62. The molecule has 156 valence electrons. The predicted octanol–water partition coefficient (Wildman–Crippen LogP) is 2.12. The van der Waals surface area contributed by atoms with Crippen molar-refractivity contribution in [2.24, 2.45) is 0 Å². The Balaban J connectivity index is 1.58. The first kappa shape index (κ1) is 21.1. The number of amides is 1. The average Bonchev–Trinajstić information content (AvgIpc) is 2.74. The quantitative estimate of drug-likeness (QED) is 0.703. The van der Waals surface area contributed by atoms with E-state index in [-0.39, 0.29) is 17.4 Å². The molecule has 2 aromatic carbocycles. The number of benzene rings is 2. The standard InChI is InChI=1S/C20H24N2O6S/c1-2-27-17-6-8-18(9-7-17)28-15-20(23)21-16-4-3-5-19(14-16)29(24,25)22-10-12-26-13-11-22/h3-9,14H,2,10-13,15H2,1H3,(H,21,23). The molecule has 1 aliphatic rings. The average molecular weight is 420 g/mol. The Labute approximate surface area is 170 Å². The van der Waals surface area contributed by atoms with E-state index in [1.54, 1.807) is 36.4 Å². The highest BCUT2D eigenvalue weighted by Crippen LogP contribution is 2.21. The lowest BCUT2D eigenvalue weighted by molar-refractivity contribution is -0.118. The third-order valence-corrected chi connectivity index (χ3v) is 6.12. The van der Waals surface area contributed by atoms with Crippen molar-refractivity contribution >= 4 is 21.6 Å². The van der Waals surface area contributed by atoms with Crippen molar-refractivity contribution in [3.63, 3.8) is 0 Å². The van der Waals surface area contributed by atoms with Crippen LogP contribution in [0.25, 0.3) is 0 Å². The fourth-order valence-corrected chi connectivity index (χ4v) is 4.27. The molecule has 8 nitrogen and oxygen atoms in total. The highest BCUT2D eigenvalue weighted by Gasteiger charge is 2.26. The lowest BCUT2D eigenvalue weighted by Gasteiger charge is -2.26. The summed E-state index contributed by atoms with van der Waals surface area (Å²) in [5.41, 5.74) is 0.389. The van der Waals surface area contributed by atoms with Crippen molar-refractivity contribution in [2.75, 3.05) is 44.8 Å². The number of ether oxygens (including phenoxy) is 3. The zero-order chi connectivity index (χ0) is 20.7. The molecule has 1 heterocycles. The number of nitrogens with zero attached hydrogens (tertiary/aromatic N) is 1. The van der Waals surface area contributed by atoms with E-state index in [9.17, 15) is 13.2 Å². The van der Waals surface area contributed by atoms with Crippen molar-refractivity contribution in [2.45, 2.75) is 11.8 Å². The molecule has 1 aliphatic heterocycles. The van der Waals surface area contributed by atoms with Crippen LogP contribution in [0.2, 0.25) is 0 Å². The number of nitrogens with one attached hydrogen (secondary N) is 1. The van der Waals surface area contributed by atoms with Crippen LogP contribution in [0, 0.1) is 0 Å². The van der Waals surface area contributed by atoms with Crippen molar-refractivity contribution < 1.29 is 27.4 Å². The van der Waals surface area contributed by atoms with Crippen molar-refractivity contribution in [3.8, 4) is 11.5 Å². The second-order valence-electron chi connectivity index (χ2n) is 6.29. The predicted molar refractivity (Wildman–Crippen MR) is 108 cm³/mol. The fraction of sp³-hybridized carbons (Fsp3) is 0.350. The molecule has 0 aromatic heterocycles. The lowest BCUT2D eigenvalue weighted by Crippen LogP contribution is -2.40. The molecular formula is C20H24N2O6S. The zero-order valence-corrected chi connectivity index (χ0v) is 17.0. The minimum atomic E-state index is -3.63. The molecule has 2 aromatic rings. The van der Waals surface area contributed by atoms with Crippen LogP contribution in [0.15, 0.2) is 53.4 Å². The smallest absolute Gasteiger partial charge is 0.262 e. The zero-order valence-electron chi connectivity index (χ0n) is 16.2. The van der Waals surface area contributed by atoms with Crippen LogP contribution in [0.1, 0.15) is 6.92 Å². The molecule has 0 aliphatic carbocycles. The number of rotatable bonds is 8. The third-order valence-electron chi connectivity index (χ3n) is 4.23. The summed E-state index contributed by atoms with van der Waals surface area (Å²) in [7, 11) is -3.63. The SMILES string of the molecule is CCOc1ccc(OCC(=O)Nc2cccc(S(=O)(=O)N3CCOCC3)c2)cc1. The lowest BCUT2D eigenvalue weighted by atomic mass is 10.3. The van der Waals surface area contributed by atoms with E-state index in [4.69, 9.17) is 14.2 Å². The Kier molecular flexibility index (Phi) is 7.08. The molecule has 1 amide bonds. The Morgan fingerprint density at radius 3 is 2.38 bits per heavy atom. The van der Waals surface area contributed by atoms with Gasteiger partial charge in [-0.1, -0.05) is 6.07 Å². The van der Waals surface area contributed by atoms with Crippen LogP contribution in [-0.2, 0) is 19.6 Å². The van der Waals surface area contributed by atoms with E-state index in [2.05, 4.69) is 5.32 Å². The van der Waals surface area contributed by atoms with Gasteiger partial charge < -0.3 is 19.5 Å². The molecule has 9 heteroatoms. The summed E-state index contributed by atoms with van der Waals surface area (Å²) < 4.78 is 42.9. The summed E-state index contributed by atoms with van der Waals surface area (Å²) in [5.74, 6) is 0.870. The maximum atomic E-state index is 12.7. The molecule has 1 saturated heterocycles. The summed E-state index contributed by atoms with van der Waals surface area (Å²) in [6, 6.07) is 13.1. The van der Waals surface area contributed by atoms with Gasteiger partial charge in [0.25, 0.3) is 5.91 Å². The monoisotopic (exact) mass is 420 g/mol. The molecule has 3 rings (SSSR count). The van der Waals surface area contributed by atoms with E-state index in [0.717, 1.165) is 5.75 Å². The van der Waals surface area contributed by atoms with Crippen LogP contribution in [0.4, 0.5) is 5.69 Å². The minimum absolute atomic E-state index is 0.129. The van der Waals surface area contributed by atoms with Crippen molar-refractivity contribution in [1.29, 1.82) is 0 Å². The summed E-state index contributed by atoms with van der Waals surface area (Å²) in [5, 5.41) is 2.66. The molecule has 29 heavy (non-hydrogen) atoms. The van der Waals surface area contributed by atoms with Gasteiger partial charge >= 0.3 is 0 Å². The van der Waals surface area contributed by atoms with Gasteiger partial charge in [0.05, 0.1) is 24.7 Å². The summed E-state index contributed by atoms with van der Waals surface area (Å²) >= 11 is 0. The van der Waals surface area contributed by atoms with Gasteiger partial charge in [0.1, 0.15) is 11.5 Å². The number of morpholine rings is 1. The van der Waals surface area contributed by atoms with Gasteiger partial charge in [-0.15, -0.1) is 0 Å². The Morgan fingerprint density at radius 1 is 1.07 bits per heavy atom. The number of sulfonamides is 1. The van der Waals surface area contributed by atoms with Crippen molar-refractivity contribution in [3.05, 3.63) is 48.5 Å². The topological polar surface area (TPSA) is 94.2 Å². The second-order valence-corrected chi connectivity index (χ2v) is 8.22. The van der Waals surface area contributed by atoms with Crippen molar-refractivity contribution in [1.82, 2.24) is 4.31 Å². The first-order valence-corrected chi connectivity index (χ1v) is 10.8. The van der Waals surface area contributed by atoms with Crippen LogP contribution in [0.3, 0.4) is 0 Å². The third kappa shape index (κ3) is 5.69. The highest BCUT2D eigenvalue weighted by atomic mass is 32.2. The van der Waals surface area contributed by atoms with Crippen LogP contribution < -0.4 is 14.8 Å². The number of carbonyl (C=O) groups is 1. The van der Waals surface area contributed by atoms with Gasteiger partial charge in [0.15, 0.2) is 6.61 Å². The van der Waals surface area contributed by atoms with E-state index >= 15 is 0 Å². The molecule has 0 spiro atoms. The minimum Gasteiger partial charge on any atom is -0.494 e. The first-order valence-electron chi connectivity index (χ1n) is 9.32. The highest BCUT2D eigenvalue weighted by molar-refractivity contribution is 7.89. The molecule has 0 bridgehead atoms. The van der Waals surface area contributed by atoms with Crippen LogP contribution in [0.5, 0.6) is 11.5 Å². The Bertz CT molecular complexity index is 924. The van der Waals surface area contributed by atoms with Gasteiger partial charge in [-0.25, -0.2) is 8.42 Å². The molecule has 1 fully saturated rings. The number of anilines is 1. The molecule has 0 saturated carbocycles. The first-order chi connectivity index (χ1) is 14.0. The molecule has 0 radical (unpaired) electrons. The van der Waals surface area contributed by atoms with Gasteiger partial charge in [0.2, 0.25) is 10.0 Å². The summed E-state index contributed by atoms with van der Waals surface area (Å²) in [6.07, 6.45) is 0. The molecule has 0 unspecified atom stereocenters. The van der Waals surface area contributed by atoms with Gasteiger partial charge in [-0.2, -0.15) is 4.31 Å². The van der Waals surface area contributed by atoms with E-state index in [0.29, 0.717) is 44.3 Å². The van der Waals surface area contributed by atoms with E-state index in [1.165, 1.54) is 16.4 Å². The summed E-state index contributed by atoms with van der Waals surface area (Å²) in [4.78, 5) is 12.3. The van der Waals surface area contributed by atoms with Gasteiger partial charge in [-0.3, -0.25) is 4.79 Å². The van der Waals surface area contributed by atoms with Crippen LogP contribution >= 0.6 is 0 Å². The van der Waals surface area contributed by atoms with E-state index < -0.39 is 10.0 Å². The number of hydrogen-bond acceptors (Lipinski definition) is 6. The normalized spacial score (nSPS) is 14.9. The molecule has 1 N–H and O–H groups in total. The van der Waals surface area contributed by atoms with E-state index in [1.807, 2.05) is 6.92 Å². The fourth-order valence-electron chi connectivity index (χ4n) is 2.82. The number of hydrogen-bond donors (Lipinski definition) is 1. The number of carbonyl (C=O) groups excluding carboxylic acids is 1. The van der Waals surface area contributed by atoms with Gasteiger partial charge in [-0.05, 0) is 49.4 Å². The maximum absolute atomic E-state index is 12.7. The van der Waals surface area contributed by atoms with Crippen LogP contribution in [-0.4, -0.2) is 58.1 Å². The molecular weight excluding hydrogens is 396 g/mol. The largest absolute Gasteiger partial charge is 0.494 e. The maximum Gasteiger partial charge on any atom is 0.262 e. The molecule has 0 atom stereocenters.